The fourth-order valence-corrected chi connectivity index (χ4v) is 7.21. The van der Waals surface area contributed by atoms with Crippen LogP contribution in [0.1, 0.15) is 28.4 Å². The highest BCUT2D eigenvalue weighted by Crippen LogP contribution is 2.42. The molecule has 33 heavy (non-hydrogen) atoms. The highest BCUT2D eigenvalue weighted by atomic mass is 35.5. The topological polar surface area (TPSA) is 79.0 Å². The van der Waals surface area contributed by atoms with Gasteiger partial charge in [0.25, 0.3) is 0 Å². The minimum absolute atomic E-state index is 0.188. The highest BCUT2D eigenvalue weighted by molar-refractivity contribution is 7.89. The number of H-pyrrole nitrogens is 1. The van der Waals surface area contributed by atoms with Crippen molar-refractivity contribution < 1.29 is 8.42 Å². The molecule has 0 bridgehead atoms. The van der Waals surface area contributed by atoms with Gasteiger partial charge in [-0.25, -0.2) is 8.42 Å². The van der Waals surface area contributed by atoms with Gasteiger partial charge in [-0.05, 0) is 54.8 Å². The second-order valence-electron chi connectivity index (χ2n) is 8.27. The Morgan fingerprint density at radius 3 is 2.73 bits per heavy atom. The zero-order valence-electron chi connectivity index (χ0n) is 17.6. The maximum atomic E-state index is 14.1. The molecule has 1 atom stereocenters. The third-order valence-electron chi connectivity index (χ3n) is 6.27. The molecule has 0 fully saturated rings. The number of benzene rings is 3. The number of aryl methyl sites for hydroxylation is 1. The summed E-state index contributed by atoms with van der Waals surface area (Å²) in [7, 11) is -3.86. The van der Waals surface area contributed by atoms with Gasteiger partial charge in [-0.1, -0.05) is 47.5 Å². The molecule has 2 aromatic heterocycles. The lowest BCUT2D eigenvalue weighted by atomic mass is 9.94. The summed E-state index contributed by atoms with van der Waals surface area (Å²) in [6, 6.07) is 18.4. The minimum Gasteiger partial charge on any atom is -0.357 e. The molecule has 0 aliphatic carbocycles. The van der Waals surface area contributed by atoms with Gasteiger partial charge in [0.15, 0.2) is 0 Å². The van der Waals surface area contributed by atoms with E-state index in [1.165, 1.54) is 0 Å². The number of nitrogens with zero attached hydrogens (tertiary/aromatic N) is 3. The Balaban J connectivity index is 1.58. The Bertz CT molecular complexity index is 1620. The molecule has 0 unspecified atom stereocenters. The second-order valence-corrected chi connectivity index (χ2v) is 11.1. The van der Waals surface area contributed by atoms with Crippen LogP contribution < -0.4 is 0 Å². The van der Waals surface area contributed by atoms with Crippen molar-refractivity contribution in [2.45, 2.75) is 24.3 Å². The lowest BCUT2D eigenvalue weighted by molar-refractivity contribution is 0.341. The van der Waals surface area contributed by atoms with Crippen molar-refractivity contribution in [3.8, 4) is 0 Å². The minimum atomic E-state index is -3.86. The van der Waals surface area contributed by atoms with Crippen LogP contribution in [0.5, 0.6) is 0 Å². The standard InChI is InChI=1S/C24H19ClN4O2S2/c1-14-5-7-15(8-6-14)24-22-17(18-13-16(25)9-10-19(18)26-22)11-12-29(24)33(30,31)21-4-2-3-20-23(21)28-32-27-20/h2-10,13,24,26H,11-12H2,1H3/t24-/m0/s1. The molecule has 3 heterocycles. The van der Waals surface area contributed by atoms with Crippen molar-refractivity contribution in [1.29, 1.82) is 0 Å². The molecule has 0 radical (unpaired) electrons. The molecule has 1 aliphatic heterocycles. The first-order chi connectivity index (χ1) is 15.9. The Labute approximate surface area is 200 Å². The third-order valence-corrected chi connectivity index (χ3v) is 8.95. The van der Waals surface area contributed by atoms with E-state index in [1.54, 1.807) is 22.5 Å². The summed E-state index contributed by atoms with van der Waals surface area (Å²) in [5.74, 6) is 0. The van der Waals surface area contributed by atoms with Crippen LogP contribution in [0.4, 0.5) is 0 Å². The van der Waals surface area contributed by atoms with Crippen LogP contribution in [0.3, 0.4) is 0 Å². The quantitative estimate of drug-likeness (QED) is 0.360. The maximum absolute atomic E-state index is 14.1. The summed E-state index contributed by atoms with van der Waals surface area (Å²) < 4.78 is 38.2. The van der Waals surface area contributed by atoms with Gasteiger partial charge < -0.3 is 4.98 Å². The van der Waals surface area contributed by atoms with Crippen LogP contribution in [-0.4, -0.2) is 33.0 Å². The van der Waals surface area contributed by atoms with E-state index in [-0.39, 0.29) is 4.90 Å². The number of halogens is 1. The molecule has 1 aliphatic rings. The van der Waals surface area contributed by atoms with E-state index in [0.717, 1.165) is 45.0 Å². The number of aromatic amines is 1. The highest BCUT2D eigenvalue weighted by Gasteiger charge is 2.40. The summed E-state index contributed by atoms with van der Waals surface area (Å²) in [5.41, 5.74) is 5.97. The van der Waals surface area contributed by atoms with Crippen molar-refractivity contribution in [1.82, 2.24) is 18.0 Å². The van der Waals surface area contributed by atoms with Crippen LogP contribution in [-0.2, 0) is 16.4 Å². The average molecular weight is 495 g/mol. The van der Waals surface area contributed by atoms with Crippen LogP contribution in [0.15, 0.2) is 65.6 Å². The lowest BCUT2D eigenvalue weighted by Crippen LogP contribution is -2.40. The van der Waals surface area contributed by atoms with Gasteiger partial charge in [-0.15, -0.1) is 0 Å². The summed E-state index contributed by atoms with van der Waals surface area (Å²) >= 11 is 7.30. The summed E-state index contributed by atoms with van der Waals surface area (Å²) in [5, 5.41) is 1.70. The first-order valence-corrected chi connectivity index (χ1v) is 13.1. The molecule has 6 nitrogen and oxygen atoms in total. The van der Waals surface area contributed by atoms with Gasteiger partial charge in [-0.3, -0.25) is 0 Å². The van der Waals surface area contributed by atoms with Crippen LogP contribution in [0.2, 0.25) is 5.02 Å². The van der Waals surface area contributed by atoms with Crippen LogP contribution in [0, 0.1) is 6.92 Å². The zero-order valence-corrected chi connectivity index (χ0v) is 20.0. The van der Waals surface area contributed by atoms with Crippen molar-refractivity contribution in [3.63, 3.8) is 0 Å². The van der Waals surface area contributed by atoms with E-state index >= 15 is 0 Å². The average Bonchev–Trinajstić information content (AvgIpc) is 3.43. The SMILES string of the molecule is Cc1ccc([C@H]2c3[nH]c4ccc(Cl)cc4c3CCN2S(=O)(=O)c2cccc3nsnc23)cc1. The Morgan fingerprint density at radius 2 is 1.91 bits per heavy atom. The first-order valence-electron chi connectivity index (χ1n) is 10.5. The smallest absolute Gasteiger partial charge is 0.246 e. The Kier molecular flexibility index (Phi) is 4.81. The maximum Gasteiger partial charge on any atom is 0.246 e. The molecule has 6 rings (SSSR count). The van der Waals surface area contributed by atoms with Crippen molar-refractivity contribution >= 4 is 55.3 Å². The van der Waals surface area contributed by atoms with Gasteiger partial charge in [0.05, 0.1) is 17.8 Å². The van der Waals surface area contributed by atoms with E-state index < -0.39 is 16.1 Å². The monoisotopic (exact) mass is 494 g/mol. The number of aromatic nitrogens is 3. The Morgan fingerprint density at radius 1 is 1.09 bits per heavy atom. The van der Waals surface area contributed by atoms with Crippen LogP contribution >= 0.6 is 23.3 Å². The normalized spacial score (nSPS) is 17.0. The first kappa shape index (κ1) is 20.8. The van der Waals surface area contributed by atoms with E-state index in [1.807, 2.05) is 49.4 Å². The van der Waals surface area contributed by atoms with Crippen molar-refractivity contribution in [3.05, 3.63) is 88.1 Å². The zero-order chi connectivity index (χ0) is 22.7. The van der Waals surface area contributed by atoms with Gasteiger partial charge in [0, 0.05) is 28.2 Å². The molecule has 0 saturated heterocycles. The predicted molar refractivity (Wildman–Crippen MR) is 131 cm³/mol. The number of nitrogens with one attached hydrogen (secondary N) is 1. The van der Waals surface area contributed by atoms with E-state index in [4.69, 9.17) is 11.6 Å². The number of rotatable bonds is 3. The van der Waals surface area contributed by atoms with E-state index in [2.05, 4.69) is 13.7 Å². The van der Waals surface area contributed by atoms with Gasteiger partial charge in [-0.2, -0.15) is 13.1 Å². The van der Waals surface area contributed by atoms with Gasteiger partial charge >= 0.3 is 0 Å². The summed E-state index contributed by atoms with van der Waals surface area (Å²) in [6.07, 6.45) is 0.586. The number of sulfonamides is 1. The number of hydrogen-bond acceptors (Lipinski definition) is 5. The fourth-order valence-electron chi connectivity index (χ4n) is 4.70. The lowest BCUT2D eigenvalue weighted by Gasteiger charge is -2.35. The van der Waals surface area contributed by atoms with E-state index in [0.29, 0.717) is 29.0 Å². The molecule has 5 aromatic rings. The summed E-state index contributed by atoms with van der Waals surface area (Å²) in [4.78, 5) is 3.69. The third kappa shape index (κ3) is 3.28. The molecular weight excluding hydrogens is 476 g/mol. The number of fused-ring (bicyclic) bond motifs is 4. The molecule has 1 N–H and O–H groups in total. The van der Waals surface area contributed by atoms with Crippen molar-refractivity contribution in [2.24, 2.45) is 0 Å². The second kappa shape index (κ2) is 7.63. The molecule has 9 heteroatoms. The van der Waals surface area contributed by atoms with Crippen LogP contribution in [0.25, 0.3) is 21.9 Å². The Hall–Kier alpha value is -2.78. The molecule has 166 valence electrons. The molecule has 0 spiro atoms. The number of hydrogen-bond donors (Lipinski definition) is 1. The molecular formula is C24H19ClN4O2S2. The molecule has 3 aromatic carbocycles. The summed E-state index contributed by atoms with van der Waals surface area (Å²) in [6.45, 7) is 2.37. The van der Waals surface area contributed by atoms with E-state index in [9.17, 15) is 8.42 Å². The largest absolute Gasteiger partial charge is 0.357 e. The van der Waals surface area contributed by atoms with Crippen molar-refractivity contribution in [2.75, 3.05) is 6.54 Å². The molecule has 0 amide bonds. The molecule has 0 saturated carbocycles. The van der Waals surface area contributed by atoms with Gasteiger partial charge in [0.1, 0.15) is 15.9 Å². The van der Waals surface area contributed by atoms with Gasteiger partial charge in [0.2, 0.25) is 10.0 Å². The fraction of sp³-hybridized carbons (Fsp3) is 0.167. The predicted octanol–water partition coefficient (Wildman–Crippen LogP) is 5.47.